The number of hydrogen-bond donors (Lipinski definition) is 1. The van der Waals surface area contributed by atoms with Gasteiger partial charge in [0.1, 0.15) is 5.76 Å². The van der Waals surface area contributed by atoms with Crippen molar-refractivity contribution in [3.63, 3.8) is 0 Å². The van der Waals surface area contributed by atoms with Gasteiger partial charge in [0.15, 0.2) is 0 Å². The molecule has 1 N–H and O–H groups in total. The Morgan fingerprint density at radius 1 is 1.42 bits per heavy atom. The van der Waals surface area contributed by atoms with Crippen molar-refractivity contribution in [2.45, 2.75) is 44.4 Å². The minimum atomic E-state index is -0.446. The van der Waals surface area contributed by atoms with Crippen LogP contribution in [0.15, 0.2) is 16.5 Å². The molecule has 3 unspecified atom stereocenters. The maximum absolute atomic E-state index is 11.3. The fraction of sp³-hybridized carbons (Fsp3) is 0.643. The van der Waals surface area contributed by atoms with Gasteiger partial charge in [0.25, 0.3) is 0 Å². The van der Waals surface area contributed by atoms with E-state index in [1.807, 2.05) is 13.0 Å². The van der Waals surface area contributed by atoms with Gasteiger partial charge >= 0.3 is 5.97 Å². The van der Waals surface area contributed by atoms with Gasteiger partial charge in [0, 0.05) is 13.2 Å². The molecule has 1 saturated carbocycles. The van der Waals surface area contributed by atoms with Crippen LogP contribution in [0, 0.1) is 0 Å². The van der Waals surface area contributed by atoms with Crippen LogP contribution in [0.25, 0.3) is 0 Å². The average Bonchev–Trinajstić information content (AvgIpc) is 3.06. The van der Waals surface area contributed by atoms with Gasteiger partial charge in [-0.1, -0.05) is 0 Å². The summed E-state index contributed by atoms with van der Waals surface area (Å²) in [5, 5.41) is 3.50. The first-order valence-electron chi connectivity index (χ1n) is 6.61. The Labute approximate surface area is 113 Å². The summed E-state index contributed by atoms with van der Waals surface area (Å²) in [7, 11) is 3.10. The zero-order valence-corrected chi connectivity index (χ0v) is 11.6. The maximum atomic E-state index is 11.3. The summed E-state index contributed by atoms with van der Waals surface area (Å²) in [6.07, 6.45) is 3.57. The molecule has 0 amide bonds. The van der Waals surface area contributed by atoms with Gasteiger partial charge in [-0.25, -0.2) is 4.79 Å². The second-order valence-electron chi connectivity index (χ2n) is 4.95. The summed E-state index contributed by atoms with van der Waals surface area (Å²) in [6.45, 7) is 2.03. The smallest absolute Gasteiger partial charge is 0.373 e. The van der Waals surface area contributed by atoms with Crippen molar-refractivity contribution in [3.05, 3.63) is 23.7 Å². The van der Waals surface area contributed by atoms with E-state index in [4.69, 9.17) is 9.15 Å². The van der Waals surface area contributed by atoms with Crippen LogP contribution < -0.4 is 5.32 Å². The van der Waals surface area contributed by atoms with E-state index in [0.717, 1.165) is 25.0 Å². The fourth-order valence-corrected chi connectivity index (χ4v) is 2.54. The van der Waals surface area contributed by atoms with Crippen LogP contribution in [0.2, 0.25) is 0 Å². The Hall–Kier alpha value is -1.33. The predicted molar refractivity (Wildman–Crippen MR) is 70.0 cm³/mol. The zero-order valence-electron chi connectivity index (χ0n) is 11.6. The molecule has 1 heterocycles. The summed E-state index contributed by atoms with van der Waals surface area (Å²) >= 11 is 0. The second-order valence-corrected chi connectivity index (χ2v) is 4.95. The Bertz CT molecular complexity index is 429. The molecular formula is C14H21NO4. The SMILES string of the molecule is COC(=O)c1ccc(C(C)NC2CCC(OC)C2)o1. The van der Waals surface area contributed by atoms with E-state index in [2.05, 4.69) is 10.1 Å². The summed E-state index contributed by atoms with van der Waals surface area (Å²) in [5.74, 6) is 0.548. The van der Waals surface area contributed by atoms with Crippen LogP contribution in [0.1, 0.15) is 48.5 Å². The highest BCUT2D eigenvalue weighted by Gasteiger charge is 2.26. The van der Waals surface area contributed by atoms with Crippen LogP contribution in [0.5, 0.6) is 0 Å². The van der Waals surface area contributed by atoms with Crippen LogP contribution in [0.3, 0.4) is 0 Å². The molecule has 0 bridgehead atoms. The number of ether oxygens (including phenoxy) is 2. The lowest BCUT2D eigenvalue weighted by Gasteiger charge is -2.17. The van der Waals surface area contributed by atoms with Crippen molar-refractivity contribution in [1.82, 2.24) is 5.32 Å². The first-order valence-corrected chi connectivity index (χ1v) is 6.61. The van der Waals surface area contributed by atoms with Crippen LogP contribution >= 0.6 is 0 Å². The van der Waals surface area contributed by atoms with Gasteiger partial charge in [0.05, 0.1) is 19.3 Å². The molecule has 3 atom stereocenters. The number of nitrogens with one attached hydrogen (secondary N) is 1. The summed E-state index contributed by atoms with van der Waals surface area (Å²) in [4.78, 5) is 11.3. The molecule has 1 aromatic heterocycles. The van der Waals surface area contributed by atoms with E-state index < -0.39 is 5.97 Å². The largest absolute Gasteiger partial charge is 0.463 e. The van der Waals surface area contributed by atoms with Crippen molar-refractivity contribution >= 4 is 5.97 Å². The quantitative estimate of drug-likeness (QED) is 0.829. The van der Waals surface area contributed by atoms with Gasteiger partial charge in [-0.05, 0) is 38.3 Å². The summed E-state index contributed by atoms with van der Waals surface area (Å²) < 4.78 is 15.5. The minimum absolute atomic E-state index is 0.0685. The van der Waals surface area contributed by atoms with Gasteiger partial charge in [-0.2, -0.15) is 0 Å². The van der Waals surface area contributed by atoms with E-state index in [-0.39, 0.29) is 11.8 Å². The number of hydrogen-bond acceptors (Lipinski definition) is 5. The van der Waals surface area contributed by atoms with Crippen LogP contribution in [-0.4, -0.2) is 32.3 Å². The third-order valence-corrected chi connectivity index (χ3v) is 3.64. The third kappa shape index (κ3) is 3.36. The number of carbonyl (C=O) groups is 1. The van der Waals surface area contributed by atoms with Gasteiger partial charge in [-0.15, -0.1) is 0 Å². The lowest BCUT2D eigenvalue weighted by atomic mass is 10.2. The van der Waals surface area contributed by atoms with Crippen molar-refractivity contribution in [2.24, 2.45) is 0 Å². The highest BCUT2D eigenvalue weighted by molar-refractivity contribution is 5.86. The standard InChI is InChI=1S/C14H21NO4/c1-9(15-10-4-5-11(8-10)17-2)12-6-7-13(19-12)14(16)18-3/h6-7,9-11,15H,4-5,8H2,1-3H3. The summed E-state index contributed by atoms with van der Waals surface area (Å²) in [5.41, 5.74) is 0. The van der Waals surface area contributed by atoms with E-state index in [9.17, 15) is 4.79 Å². The van der Waals surface area contributed by atoms with Crippen LogP contribution in [0.4, 0.5) is 0 Å². The van der Waals surface area contributed by atoms with Crippen molar-refractivity contribution < 1.29 is 18.7 Å². The Morgan fingerprint density at radius 2 is 2.21 bits per heavy atom. The Balaban J connectivity index is 1.91. The lowest BCUT2D eigenvalue weighted by molar-refractivity contribution is 0.0562. The third-order valence-electron chi connectivity index (χ3n) is 3.64. The minimum Gasteiger partial charge on any atom is -0.463 e. The molecule has 19 heavy (non-hydrogen) atoms. The predicted octanol–water partition coefficient (Wildman–Crippen LogP) is 2.28. The van der Waals surface area contributed by atoms with Gasteiger partial charge in [-0.3, -0.25) is 0 Å². The molecule has 5 heteroatoms. The lowest BCUT2D eigenvalue weighted by Crippen LogP contribution is -2.29. The van der Waals surface area contributed by atoms with E-state index >= 15 is 0 Å². The number of methoxy groups -OCH3 is 2. The molecule has 1 fully saturated rings. The fourth-order valence-electron chi connectivity index (χ4n) is 2.54. The highest BCUT2D eigenvalue weighted by Crippen LogP contribution is 2.25. The Kier molecular flexibility index (Phi) is 4.61. The number of esters is 1. The molecule has 106 valence electrons. The van der Waals surface area contributed by atoms with Crippen molar-refractivity contribution in [1.29, 1.82) is 0 Å². The van der Waals surface area contributed by atoms with Crippen molar-refractivity contribution in [3.8, 4) is 0 Å². The number of furan rings is 1. The first kappa shape index (κ1) is 14.1. The van der Waals surface area contributed by atoms with Gasteiger partial charge < -0.3 is 19.2 Å². The van der Waals surface area contributed by atoms with Crippen molar-refractivity contribution in [2.75, 3.05) is 14.2 Å². The summed E-state index contributed by atoms with van der Waals surface area (Å²) in [6, 6.07) is 3.96. The molecule has 1 aromatic rings. The van der Waals surface area contributed by atoms with E-state index in [1.54, 1.807) is 13.2 Å². The molecule has 2 rings (SSSR count). The monoisotopic (exact) mass is 267 g/mol. The Morgan fingerprint density at radius 3 is 2.84 bits per heavy atom. The number of carbonyl (C=O) groups excluding carboxylic acids is 1. The molecule has 0 saturated heterocycles. The molecular weight excluding hydrogens is 246 g/mol. The van der Waals surface area contributed by atoms with E-state index in [0.29, 0.717) is 12.1 Å². The molecule has 0 radical (unpaired) electrons. The molecule has 0 spiro atoms. The maximum Gasteiger partial charge on any atom is 0.373 e. The van der Waals surface area contributed by atoms with Crippen LogP contribution in [-0.2, 0) is 9.47 Å². The highest BCUT2D eigenvalue weighted by atomic mass is 16.5. The topological polar surface area (TPSA) is 60.7 Å². The molecule has 1 aliphatic carbocycles. The first-order chi connectivity index (χ1) is 9.13. The van der Waals surface area contributed by atoms with Gasteiger partial charge in [0.2, 0.25) is 5.76 Å². The second kappa shape index (κ2) is 6.21. The molecule has 0 aromatic carbocycles. The molecule has 5 nitrogen and oxygen atoms in total. The molecule has 1 aliphatic rings. The van der Waals surface area contributed by atoms with E-state index in [1.165, 1.54) is 7.11 Å². The number of rotatable bonds is 5. The normalized spacial score (nSPS) is 24.4. The zero-order chi connectivity index (χ0) is 13.8. The average molecular weight is 267 g/mol. The molecule has 0 aliphatic heterocycles.